The molecule has 1 fully saturated rings. The first-order valence-electron chi connectivity index (χ1n) is 11.0. The SMILES string of the molecule is CNC(=O)C1=CN(C=O)/C(=C\N(C)c2cccc(C3(Cc4nncn4C)COC3)c2)C(C(F)(F)F)=C1. The van der Waals surface area contributed by atoms with Crippen LogP contribution in [0, 0.1) is 0 Å². The van der Waals surface area contributed by atoms with E-state index in [1.54, 1.807) is 19.4 Å². The zero-order chi connectivity index (χ0) is 26.1. The van der Waals surface area contributed by atoms with Crippen LogP contribution in [0.25, 0.3) is 0 Å². The second-order valence-corrected chi connectivity index (χ2v) is 8.72. The molecule has 9 nitrogen and oxygen atoms in total. The van der Waals surface area contributed by atoms with Gasteiger partial charge in [0.05, 0.1) is 30.1 Å². The smallest absolute Gasteiger partial charge is 0.379 e. The molecule has 0 aliphatic carbocycles. The minimum absolute atomic E-state index is 0.235. The lowest BCUT2D eigenvalue weighted by atomic mass is 9.75. The first-order valence-corrected chi connectivity index (χ1v) is 11.0. The van der Waals surface area contributed by atoms with Crippen molar-refractivity contribution in [3.8, 4) is 0 Å². The van der Waals surface area contributed by atoms with Gasteiger partial charge in [0.15, 0.2) is 0 Å². The van der Waals surface area contributed by atoms with E-state index in [0.29, 0.717) is 25.3 Å². The molecule has 2 aliphatic rings. The average molecular weight is 502 g/mol. The van der Waals surface area contributed by atoms with Crippen LogP contribution in [0.4, 0.5) is 18.9 Å². The van der Waals surface area contributed by atoms with Gasteiger partial charge < -0.3 is 19.5 Å². The van der Waals surface area contributed by atoms with Gasteiger partial charge >= 0.3 is 6.18 Å². The number of hydrogen-bond acceptors (Lipinski definition) is 6. The van der Waals surface area contributed by atoms with Crippen LogP contribution in [0.15, 0.2) is 65.9 Å². The molecule has 0 atom stereocenters. The molecule has 0 unspecified atom stereocenters. The maximum atomic E-state index is 13.9. The number of carbonyl (C=O) groups excluding carboxylic acids is 2. The van der Waals surface area contributed by atoms with E-state index in [2.05, 4.69) is 15.5 Å². The van der Waals surface area contributed by atoms with Gasteiger partial charge in [-0.15, -0.1) is 10.2 Å². The largest absolute Gasteiger partial charge is 0.418 e. The number of carbonyl (C=O) groups is 2. The van der Waals surface area contributed by atoms with Crippen LogP contribution in [0.5, 0.6) is 0 Å². The number of rotatable bonds is 7. The molecule has 1 saturated heterocycles. The van der Waals surface area contributed by atoms with Crippen molar-refractivity contribution in [1.29, 1.82) is 0 Å². The first kappa shape index (κ1) is 25.2. The summed E-state index contributed by atoms with van der Waals surface area (Å²) in [4.78, 5) is 25.9. The van der Waals surface area contributed by atoms with Crippen LogP contribution in [-0.2, 0) is 33.2 Å². The van der Waals surface area contributed by atoms with Crippen LogP contribution in [0.1, 0.15) is 11.4 Å². The highest BCUT2D eigenvalue weighted by Crippen LogP contribution is 2.39. The Morgan fingerprint density at radius 2 is 2.08 bits per heavy atom. The normalized spacial score (nSPS) is 18.3. The molecule has 1 N–H and O–H groups in total. The molecule has 0 radical (unpaired) electrons. The standard InChI is InChI=1S/C24H25F3N6O3/c1-28-22(35)16-7-19(24(25,26)27)20(33(10-16)15-34)11-31(2)18-6-4-5-17(8-18)23(12-36-13-23)9-21-30-29-14-32(21)3/h4-8,10-11,14-15H,9,12-13H2,1-3H3,(H,28,35)/b20-11-. The summed E-state index contributed by atoms with van der Waals surface area (Å²) < 4.78 is 49.1. The Balaban J connectivity index is 1.68. The number of benzene rings is 1. The number of anilines is 1. The van der Waals surface area contributed by atoms with Crippen molar-refractivity contribution in [3.63, 3.8) is 0 Å². The van der Waals surface area contributed by atoms with Crippen molar-refractivity contribution in [2.45, 2.75) is 18.0 Å². The maximum Gasteiger partial charge on any atom is 0.418 e. The van der Waals surface area contributed by atoms with Crippen LogP contribution in [0.2, 0.25) is 0 Å². The van der Waals surface area contributed by atoms with Gasteiger partial charge in [0.1, 0.15) is 12.2 Å². The number of aromatic nitrogens is 3. The highest BCUT2D eigenvalue weighted by Gasteiger charge is 2.42. The molecular weight excluding hydrogens is 477 g/mol. The topological polar surface area (TPSA) is 92.6 Å². The van der Waals surface area contributed by atoms with Crippen molar-refractivity contribution in [3.05, 3.63) is 77.3 Å². The van der Waals surface area contributed by atoms with Gasteiger partial charge in [-0.3, -0.25) is 14.5 Å². The van der Waals surface area contributed by atoms with E-state index in [4.69, 9.17) is 4.74 Å². The van der Waals surface area contributed by atoms with E-state index >= 15 is 0 Å². The zero-order valence-corrected chi connectivity index (χ0v) is 19.9. The number of ether oxygens (including phenoxy) is 1. The summed E-state index contributed by atoms with van der Waals surface area (Å²) in [6.07, 6.45) is 0.667. The number of alkyl halides is 3. The van der Waals surface area contributed by atoms with Crippen molar-refractivity contribution >= 4 is 18.0 Å². The predicted molar refractivity (Wildman–Crippen MR) is 124 cm³/mol. The number of hydrogen-bond donors (Lipinski definition) is 1. The molecular formula is C24H25F3N6O3. The van der Waals surface area contributed by atoms with Crippen LogP contribution < -0.4 is 10.2 Å². The number of nitrogens with one attached hydrogen (secondary N) is 1. The minimum Gasteiger partial charge on any atom is -0.379 e. The molecule has 2 amide bonds. The number of allylic oxidation sites excluding steroid dienone is 1. The molecule has 2 aromatic rings. The monoisotopic (exact) mass is 502 g/mol. The van der Waals surface area contributed by atoms with Crippen LogP contribution in [-0.4, -0.2) is 65.5 Å². The third kappa shape index (κ3) is 4.76. The highest BCUT2D eigenvalue weighted by molar-refractivity contribution is 5.97. The molecule has 0 spiro atoms. The number of aryl methyl sites for hydroxylation is 1. The lowest BCUT2D eigenvalue weighted by Gasteiger charge is -2.42. The van der Waals surface area contributed by atoms with Gasteiger partial charge in [-0.25, -0.2) is 0 Å². The number of halogens is 3. The average Bonchev–Trinajstić information content (AvgIpc) is 3.24. The van der Waals surface area contributed by atoms with Gasteiger partial charge in [-0.1, -0.05) is 12.1 Å². The van der Waals surface area contributed by atoms with Crippen molar-refractivity contribution < 1.29 is 27.5 Å². The molecule has 0 bridgehead atoms. The molecule has 1 aromatic carbocycles. The quantitative estimate of drug-likeness (QED) is 0.584. The van der Waals surface area contributed by atoms with E-state index in [1.165, 1.54) is 18.1 Å². The minimum atomic E-state index is -4.80. The maximum absolute atomic E-state index is 13.9. The number of amides is 2. The van der Waals surface area contributed by atoms with Crippen molar-refractivity contribution in [1.82, 2.24) is 25.0 Å². The predicted octanol–water partition coefficient (Wildman–Crippen LogP) is 2.19. The van der Waals surface area contributed by atoms with E-state index in [9.17, 15) is 22.8 Å². The number of likely N-dealkylation sites (N-methyl/N-ethyl adjacent to an activating group) is 1. The Morgan fingerprint density at radius 3 is 2.64 bits per heavy atom. The van der Waals surface area contributed by atoms with Gasteiger partial charge in [-0.05, 0) is 23.8 Å². The summed E-state index contributed by atoms with van der Waals surface area (Å²) in [7, 11) is 4.75. The summed E-state index contributed by atoms with van der Waals surface area (Å²) in [5, 5.41) is 10.4. The fourth-order valence-corrected chi connectivity index (χ4v) is 4.15. The summed E-state index contributed by atoms with van der Waals surface area (Å²) in [5.41, 5.74) is -0.577. The zero-order valence-electron chi connectivity index (χ0n) is 19.9. The van der Waals surface area contributed by atoms with Crippen LogP contribution in [0.3, 0.4) is 0 Å². The van der Waals surface area contributed by atoms with Gasteiger partial charge in [0.25, 0.3) is 5.91 Å². The molecule has 2 aliphatic heterocycles. The van der Waals surface area contributed by atoms with Gasteiger partial charge in [-0.2, -0.15) is 13.2 Å². The van der Waals surface area contributed by atoms with E-state index < -0.39 is 23.4 Å². The summed E-state index contributed by atoms with van der Waals surface area (Å²) >= 11 is 0. The molecule has 36 heavy (non-hydrogen) atoms. The molecule has 3 heterocycles. The Labute approximate surface area is 205 Å². The number of nitrogens with zero attached hydrogens (tertiary/aromatic N) is 5. The van der Waals surface area contributed by atoms with E-state index in [0.717, 1.165) is 28.6 Å². The Hall–Kier alpha value is -3.93. The lowest BCUT2D eigenvalue weighted by molar-refractivity contribution is -0.117. The summed E-state index contributed by atoms with van der Waals surface area (Å²) in [6, 6.07) is 7.40. The molecule has 12 heteroatoms. The van der Waals surface area contributed by atoms with E-state index in [1.807, 2.05) is 29.8 Å². The summed E-state index contributed by atoms with van der Waals surface area (Å²) in [5.74, 6) is 0.0568. The molecule has 1 aromatic heterocycles. The lowest BCUT2D eigenvalue weighted by Crippen LogP contribution is -2.49. The molecule has 0 saturated carbocycles. The second kappa shape index (κ2) is 9.61. The van der Waals surface area contributed by atoms with Crippen molar-refractivity contribution in [2.24, 2.45) is 7.05 Å². The Morgan fingerprint density at radius 1 is 1.33 bits per heavy atom. The van der Waals surface area contributed by atoms with Gasteiger partial charge in [0, 0.05) is 51.1 Å². The van der Waals surface area contributed by atoms with E-state index in [-0.39, 0.29) is 17.4 Å². The highest BCUT2D eigenvalue weighted by atomic mass is 19.4. The molecule has 4 rings (SSSR count). The fraction of sp³-hybridized carbons (Fsp3) is 0.333. The summed E-state index contributed by atoms with van der Waals surface area (Å²) in [6.45, 7) is 0.947. The molecule has 190 valence electrons. The third-order valence-corrected chi connectivity index (χ3v) is 6.28. The fourth-order valence-electron chi connectivity index (χ4n) is 4.15. The second-order valence-electron chi connectivity index (χ2n) is 8.72. The van der Waals surface area contributed by atoms with Crippen molar-refractivity contribution in [2.75, 3.05) is 32.2 Å². The third-order valence-electron chi connectivity index (χ3n) is 6.28. The Bertz CT molecular complexity index is 1260. The Kier molecular flexibility index (Phi) is 6.72. The van der Waals surface area contributed by atoms with Crippen LogP contribution >= 0.6 is 0 Å². The van der Waals surface area contributed by atoms with Gasteiger partial charge in [0.2, 0.25) is 6.41 Å². The first-order chi connectivity index (χ1) is 17.1.